The maximum absolute atomic E-state index is 11.9. The molecule has 0 aliphatic rings. The molecule has 0 aliphatic heterocycles. The number of halogens is 1. The van der Waals surface area contributed by atoms with E-state index in [1.54, 1.807) is 20.8 Å². The number of hydrogen-bond acceptors (Lipinski definition) is 4. The third kappa shape index (κ3) is 8.17. The molecule has 0 spiro atoms. The van der Waals surface area contributed by atoms with Crippen molar-refractivity contribution < 1.29 is 19.1 Å². The van der Waals surface area contributed by atoms with Gasteiger partial charge in [0.15, 0.2) is 6.07 Å². The summed E-state index contributed by atoms with van der Waals surface area (Å²) >= 11 is 5.29. The second-order valence-electron chi connectivity index (χ2n) is 5.38. The van der Waals surface area contributed by atoms with Gasteiger partial charge in [0.1, 0.15) is 12.1 Å². The molecule has 0 saturated carbocycles. The first-order valence-electron chi connectivity index (χ1n) is 5.85. The van der Waals surface area contributed by atoms with Crippen LogP contribution in [0.4, 0.5) is 4.79 Å². The highest BCUT2D eigenvalue weighted by molar-refractivity contribution is 6.17. The van der Waals surface area contributed by atoms with Crippen LogP contribution in [0.3, 0.4) is 0 Å². The van der Waals surface area contributed by atoms with Gasteiger partial charge in [-0.1, -0.05) is 25.4 Å². The van der Waals surface area contributed by atoms with Crippen molar-refractivity contribution >= 4 is 23.7 Å². The van der Waals surface area contributed by atoms with Crippen LogP contribution in [0.5, 0.6) is 0 Å². The van der Waals surface area contributed by atoms with E-state index in [9.17, 15) is 9.59 Å². The second-order valence-corrected chi connectivity index (χ2v) is 5.60. The highest BCUT2D eigenvalue weighted by atomic mass is 35.5. The largest absolute Gasteiger partial charge is 0.448 e. The van der Waals surface area contributed by atoms with Gasteiger partial charge in [-0.3, -0.25) is 9.69 Å². The lowest BCUT2D eigenvalue weighted by Crippen LogP contribution is -2.42. The first kappa shape index (κ1) is 17.0. The number of rotatable bonds is 5. The summed E-state index contributed by atoms with van der Waals surface area (Å²) in [6, 6.07) is -0.220. The van der Waals surface area contributed by atoms with E-state index >= 15 is 0 Å². The Morgan fingerprint density at radius 1 is 1.28 bits per heavy atom. The molecule has 0 radical (unpaired) electrons. The summed E-state index contributed by atoms with van der Waals surface area (Å²) in [4.78, 5) is 24.6. The number of carbonyl (C=O) groups is 2. The third-order valence-electron chi connectivity index (χ3n) is 1.77. The summed E-state index contributed by atoms with van der Waals surface area (Å²) in [5, 5.41) is 0. The molecular weight excluding hydrogens is 258 g/mol. The molecule has 18 heavy (non-hydrogen) atoms. The lowest BCUT2D eigenvalue weighted by atomic mass is 10.2. The van der Waals surface area contributed by atoms with Gasteiger partial charge < -0.3 is 9.47 Å². The lowest BCUT2D eigenvalue weighted by Gasteiger charge is -2.27. The molecule has 0 heterocycles. The molecule has 0 bridgehead atoms. The molecule has 106 valence electrons. The number of nitrogens with zero attached hydrogens (tertiary/aromatic N) is 1. The number of esters is 1. The smallest absolute Gasteiger partial charge is 0.410 e. The molecule has 0 aromatic carbocycles. The SMILES string of the molecule is CC(C)CN(CC(=O)OCCl)C(=O)OC(C)(C)C. The Morgan fingerprint density at radius 3 is 2.22 bits per heavy atom. The fourth-order valence-electron chi connectivity index (χ4n) is 1.23. The summed E-state index contributed by atoms with van der Waals surface area (Å²) in [6.07, 6.45) is -0.525. The van der Waals surface area contributed by atoms with Crippen LogP contribution in [0.2, 0.25) is 0 Å². The van der Waals surface area contributed by atoms with Crippen molar-refractivity contribution in [2.24, 2.45) is 5.92 Å². The van der Waals surface area contributed by atoms with Crippen molar-refractivity contribution in [3.63, 3.8) is 0 Å². The summed E-state index contributed by atoms with van der Waals surface area (Å²) in [7, 11) is 0. The predicted molar refractivity (Wildman–Crippen MR) is 69.5 cm³/mol. The van der Waals surface area contributed by atoms with Crippen molar-refractivity contribution in [3.05, 3.63) is 0 Å². The van der Waals surface area contributed by atoms with E-state index in [-0.39, 0.29) is 18.5 Å². The molecule has 1 amide bonds. The van der Waals surface area contributed by atoms with Crippen molar-refractivity contribution in [1.82, 2.24) is 4.90 Å². The minimum absolute atomic E-state index is 0.153. The Labute approximate surface area is 113 Å². The van der Waals surface area contributed by atoms with Gasteiger partial charge in [0.2, 0.25) is 0 Å². The van der Waals surface area contributed by atoms with E-state index in [0.717, 1.165) is 0 Å². The van der Waals surface area contributed by atoms with E-state index in [0.29, 0.717) is 6.54 Å². The second kappa shape index (κ2) is 7.46. The quantitative estimate of drug-likeness (QED) is 0.573. The Hall–Kier alpha value is -0.970. The highest BCUT2D eigenvalue weighted by Gasteiger charge is 2.24. The molecule has 0 atom stereocenters. The van der Waals surface area contributed by atoms with Crippen LogP contribution in [-0.4, -0.2) is 41.7 Å². The number of ether oxygens (including phenoxy) is 2. The van der Waals surface area contributed by atoms with Crippen LogP contribution in [0.15, 0.2) is 0 Å². The third-order valence-corrected chi connectivity index (χ3v) is 1.88. The lowest BCUT2D eigenvalue weighted by molar-refractivity contribution is -0.142. The molecule has 0 aromatic heterocycles. The van der Waals surface area contributed by atoms with Crippen LogP contribution < -0.4 is 0 Å². The van der Waals surface area contributed by atoms with Crippen LogP contribution in [-0.2, 0) is 14.3 Å². The fourth-order valence-corrected chi connectivity index (χ4v) is 1.35. The molecule has 5 nitrogen and oxygen atoms in total. The fraction of sp³-hybridized carbons (Fsp3) is 0.833. The van der Waals surface area contributed by atoms with E-state index < -0.39 is 17.7 Å². The van der Waals surface area contributed by atoms with Gasteiger partial charge in [-0.25, -0.2) is 4.79 Å². The highest BCUT2D eigenvalue weighted by Crippen LogP contribution is 2.11. The van der Waals surface area contributed by atoms with Crippen molar-refractivity contribution in [2.75, 3.05) is 19.2 Å². The molecule has 0 rings (SSSR count). The van der Waals surface area contributed by atoms with E-state index in [2.05, 4.69) is 4.74 Å². The summed E-state index contributed by atoms with van der Waals surface area (Å²) in [5.41, 5.74) is -0.595. The van der Waals surface area contributed by atoms with E-state index in [1.165, 1.54) is 4.90 Å². The van der Waals surface area contributed by atoms with Gasteiger partial charge in [0, 0.05) is 6.54 Å². The standard InChI is InChI=1S/C12H22ClNO4/c1-9(2)6-14(7-10(15)17-8-13)11(16)18-12(3,4)5/h9H,6-8H2,1-5H3. The zero-order valence-electron chi connectivity index (χ0n) is 11.7. The summed E-state index contributed by atoms with van der Waals surface area (Å²) < 4.78 is 9.84. The topological polar surface area (TPSA) is 55.8 Å². The normalized spacial score (nSPS) is 11.3. The van der Waals surface area contributed by atoms with Crippen molar-refractivity contribution in [3.8, 4) is 0 Å². The van der Waals surface area contributed by atoms with Gasteiger partial charge in [0.25, 0.3) is 0 Å². The van der Waals surface area contributed by atoms with Gasteiger partial charge in [-0.05, 0) is 26.7 Å². The van der Waals surface area contributed by atoms with E-state index in [4.69, 9.17) is 16.3 Å². The zero-order chi connectivity index (χ0) is 14.3. The van der Waals surface area contributed by atoms with Crippen molar-refractivity contribution in [1.29, 1.82) is 0 Å². The molecule has 0 saturated heterocycles. The van der Waals surface area contributed by atoms with Crippen molar-refractivity contribution in [2.45, 2.75) is 40.2 Å². The Bertz CT molecular complexity index is 286. The molecule has 0 aliphatic carbocycles. The number of alkyl halides is 1. The van der Waals surface area contributed by atoms with Crippen LogP contribution in [0, 0.1) is 5.92 Å². The molecular formula is C12H22ClNO4. The first-order valence-corrected chi connectivity index (χ1v) is 6.38. The van der Waals surface area contributed by atoms with Crippen LogP contribution >= 0.6 is 11.6 Å². The Kier molecular flexibility index (Phi) is 7.06. The van der Waals surface area contributed by atoms with Crippen LogP contribution in [0.1, 0.15) is 34.6 Å². The van der Waals surface area contributed by atoms with Gasteiger partial charge >= 0.3 is 12.1 Å². The monoisotopic (exact) mass is 279 g/mol. The Morgan fingerprint density at radius 2 is 1.83 bits per heavy atom. The molecule has 0 fully saturated rings. The summed E-state index contributed by atoms with van der Waals surface area (Å²) in [6.45, 7) is 9.49. The minimum atomic E-state index is -0.595. The van der Waals surface area contributed by atoms with Gasteiger partial charge in [-0.2, -0.15) is 0 Å². The molecule has 6 heteroatoms. The average Bonchev–Trinajstić information content (AvgIpc) is 2.13. The summed E-state index contributed by atoms with van der Waals surface area (Å²) in [5.74, 6) is -0.321. The van der Waals surface area contributed by atoms with Crippen LogP contribution in [0.25, 0.3) is 0 Å². The predicted octanol–water partition coefficient (Wildman–Crippen LogP) is 2.62. The molecule has 0 unspecified atom stereocenters. The Balaban J connectivity index is 4.57. The average molecular weight is 280 g/mol. The minimum Gasteiger partial charge on any atom is -0.448 e. The first-order chi connectivity index (χ1) is 8.15. The number of carbonyl (C=O) groups excluding carboxylic acids is 2. The molecule has 0 aromatic rings. The molecule has 0 N–H and O–H groups in total. The van der Waals surface area contributed by atoms with Gasteiger partial charge in [0.05, 0.1) is 0 Å². The van der Waals surface area contributed by atoms with Gasteiger partial charge in [-0.15, -0.1) is 0 Å². The number of amides is 1. The number of hydrogen-bond donors (Lipinski definition) is 0. The maximum Gasteiger partial charge on any atom is 0.410 e. The maximum atomic E-state index is 11.9. The zero-order valence-corrected chi connectivity index (χ0v) is 12.4. The van der Waals surface area contributed by atoms with E-state index in [1.807, 2.05) is 13.8 Å².